The normalized spacial score (nSPS) is 22.1. The summed E-state index contributed by atoms with van der Waals surface area (Å²) in [5.74, 6) is 0.0116. The lowest BCUT2D eigenvalue weighted by Crippen LogP contribution is -2.40. The molecular weight excluding hydrogens is 357 g/mol. The maximum absolute atomic E-state index is 13.6. The van der Waals surface area contributed by atoms with Gasteiger partial charge in [0, 0.05) is 17.8 Å². The minimum absolute atomic E-state index is 0.0224. The van der Waals surface area contributed by atoms with E-state index in [1.807, 2.05) is 32.0 Å². The molecule has 1 aromatic heterocycles. The van der Waals surface area contributed by atoms with Crippen molar-refractivity contribution in [1.82, 2.24) is 9.78 Å². The average Bonchev–Trinajstić information content (AvgIpc) is 3.35. The van der Waals surface area contributed by atoms with Gasteiger partial charge in [0.1, 0.15) is 5.82 Å². The van der Waals surface area contributed by atoms with E-state index in [9.17, 15) is 18.0 Å². The van der Waals surface area contributed by atoms with Crippen LogP contribution in [-0.2, 0) is 0 Å². The van der Waals surface area contributed by atoms with Gasteiger partial charge >= 0.3 is 6.18 Å². The number of aromatic nitrogens is 2. The van der Waals surface area contributed by atoms with Crippen LogP contribution in [0.25, 0.3) is 0 Å². The lowest BCUT2D eigenvalue weighted by molar-refractivity contribution is -0.174. The second-order valence-electron chi connectivity index (χ2n) is 7.46. The Morgan fingerprint density at radius 2 is 1.93 bits per heavy atom. The van der Waals surface area contributed by atoms with E-state index in [1.54, 1.807) is 0 Å². The molecule has 0 spiro atoms. The molecule has 1 fully saturated rings. The largest absolute Gasteiger partial charge is 0.410 e. The Morgan fingerprint density at radius 3 is 2.52 bits per heavy atom. The van der Waals surface area contributed by atoms with Gasteiger partial charge in [-0.3, -0.25) is 4.79 Å². The highest BCUT2D eigenvalue weighted by molar-refractivity contribution is 6.04. The van der Waals surface area contributed by atoms with Gasteiger partial charge in [0.25, 0.3) is 5.91 Å². The lowest BCUT2D eigenvalue weighted by Gasteiger charge is -2.33. The van der Waals surface area contributed by atoms with Gasteiger partial charge < -0.3 is 10.6 Å². The van der Waals surface area contributed by atoms with Gasteiger partial charge in [-0.1, -0.05) is 18.2 Å². The van der Waals surface area contributed by atoms with Gasteiger partial charge in [0.15, 0.2) is 11.7 Å². The maximum Gasteiger partial charge on any atom is 0.410 e. The molecule has 8 heteroatoms. The number of para-hydroxylation sites is 1. The van der Waals surface area contributed by atoms with Crippen LogP contribution in [0.5, 0.6) is 0 Å². The predicted molar refractivity (Wildman–Crippen MR) is 95.9 cm³/mol. The molecule has 1 aliphatic heterocycles. The van der Waals surface area contributed by atoms with Gasteiger partial charge in [-0.25, -0.2) is 4.68 Å². The van der Waals surface area contributed by atoms with Crippen molar-refractivity contribution in [3.8, 4) is 0 Å². The molecule has 1 aliphatic carbocycles. The number of fused-ring (bicyclic) bond motifs is 1. The summed E-state index contributed by atoms with van der Waals surface area (Å²) in [5.41, 5.74) is 2.40. The Hall–Kier alpha value is -2.51. The molecule has 1 amide bonds. The molecule has 0 unspecified atom stereocenters. The second-order valence-corrected chi connectivity index (χ2v) is 7.46. The van der Waals surface area contributed by atoms with Crippen molar-refractivity contribution < 1.29 is 18.0 Å². The van der Waals surface area contributed by atoms with Crippen LogP contribution >= 0.6 is 0 Å². The Bertz CT molecular complexity index is 865. The van der Waals surface area contributed by atoms with Crippen LogP contribution in [0.3, 0.4) is 0 Å². The fourth-order valence-corrected chi connectivity index (χ4v) is 3.71. The summed E-state index contributed by atoms with van der Waals surface area (Å²) in [5, 5.41) is 9.91. The molecule has 2 N–H and O–H groups in total. The van der Waals surface area contributed by atoms with Crippen LogP contribution in [0.2, 0.25) is 0 Å². The number of anilines is 2. The number of carbonyl (C=O) groups is 1. The standard InChI is InChI=1S/C19H21F3N4O/c1-10-4-3-5-11(2)17(10)24-18(27)14-9-16-23-13(12-6-7-12)8-15(19(20,21)22)26(16)25-14/h3-5,9,12-13,15,23H,6-8H2,1-2H3,(H,24,27)/t13-,15+/m1/s1. The van der Waals surface area contributed by atoms with Crippen molar-refractivity contribution in [2.45, 2.75) is 51.4 Å². The topological polar surface area (TPSA) is 59.0 Å². The third-order valence-electron chi connectivity index (χ3n) is 5.36. The van der Waals surface area contributed by atoms with Gasteiger partial charge in [-0.15, -0.1) is 0 Å². The van der Waals surface area contributed by atoms with E-state index >= 15 is 0 Å². The number of hydrogen-bond acceptors (Lipinski definition) is 3. The highest BCUT2D eigenvalue weighted by atomic mass is 19.4. The number of benzene rings is 1. The summed E-state index contributed by atoms with van der Waals surface area (Å²) in [7, 11) is 0. The van der Waals surface area contributed by atoms with Crippen molar-refractivity contribution in [2.24, 2.45) is 5.92 Å². The number of nitrogens with zero attached hydrogens (tertiary/aromatic N) is 2. The Morgan fingerprint density at radius 1 is 1.26 bits per heavy atom. The van der Waals surface area contributed by atoms with E-state index in [4.69, 9.17) is 0 Å². The molecule has 5 nitrogen and oxygen atoms in total. The third-order valence-corrected chi connectivity index (χ3v) is 5.36. The minimum atomic E-state index is -4.41. The summed E-state index contributed by atoms with van der Waals surface area (Å²) in [6.45, 7) is 3.73. The van der Waals surface area contributed by atoms with E-state index in [0.29, 0.717) is 5.69 Å². The predicted octanol–water partition coefficient (Wildman–Crippen LogP) is 4.45. The second kappa shape index (κ2) is 6.28. The summed E-state index contributed by atoms with van der Waals surface area (Å²) in [4.78, 5) is 12.6. The first kappa shape index (κ1) is 17.9. The van der Waals surface area contributed by atoms with E-state index in [1.165, 1.54) is 6.07 Å². The van der Waals surface area contributed by atoms with Crippen LogP contribution in [0.15, 0.2) is 24.3 Å². The fraction of sp³-hybridized carbons (Fsp3) is 0.474. The molecular formula is C19H21F3N4O. The number of rotatable bonds is 3. The molecule has 2 atom stereocenters. The number of amides is 1. The molecule has 0 saturated heterocycles. The van der Waals surface area contributed by atoms with Crippen LogP contribution < -0.4 is 10.6 Å². The number of hydrogen-bond donors (Lipinski definition) is 2. The zero-order valence-electron chi connectivity index (χ0n) is 15.1. The molecule has 2 aromatic rings. The van der Waals surface area contributed by atoms with Crippen molar-refractivity contribution in [3.63, 3.8) is 0 Å². The molecule has 4 rings (SSSR count). The first-order chi connectivity index (χ1) is 12.7. The molecule has 0 radical (unpaired) electrons. The first-order valence-electron chi connectivity index (χ1n) is 9.04. The van der Waals surface area contributed by atoms with Crippen molar-refractivity contribution in [3.05, 3.63) is 41.1 Å². The van der Waals surface area contributed by atoms with Crippen LogP contribution in [0.4, 0.5) is 24.7 Å². The zero-order valence-corrected chi connectivity index (χ0v) is 15.1. The van der Waals surface area contributed by atoms with Gasteiger partial charge in [0.05, 0.1) is 0 Å². The number of nitrogens with one attached hydrogen (secondary N) is 2. The molecule has 1 saturated carbocycles. The molecule has 1 aromatic carbocycles. The molecule has 0 bridgehead atoms. The van der Waals surface area contributed by atoms with Gasteiger partial charge in [-0.05, 0) is 50.2 Å². The quantitative estimate of drug-likeness (QED) is 0.830. The van der Waals surface area contributed by atoms with Gasteiger partial charge in [-0.2, -0.15) is 18.3 Å². The molecule has 27 heavy (non-hydrogen) atoms. The summed E-state index contributed by atoms with van der Waals surface area (Å²) in [6.07, 6.45) is -2.58. The highest BCUT2D eigenvalue weighted by Gasteiger charge is 2.49. The van der Waals surface area contributed by atoms with Crippen molar-refractivity contribution >= 4 is 17.4 Å². The number of halogens is 3. The van der Waals surface area contributed by atoms with E-state index in [-0.39, 0.29) is 29.9 Å². The highest BCUT2D eigenvalue weighted by Crippen LogP contribution is 2.45. The Labute approximate surface area is 154 Å². The van der Waals surface area contributed by atoms with E-state index < -0.39 is 18.1 Å². The van der Waals surface area contributed by atoms with Crippen molar-refractivity contribution in [1.29, 1.82) is 0 Å². The minimum Gasteiger partial charge on any atom is -0.367 e. The Balaban J connectivity index is 1.63. The summed E-state index contributed by atoms with van der Waals surface area (Å²) in [6, 6.07) is 5.09. The number of aryl methyl sites for hydroxylation is 2. The lowest BCUT2D eigenvalue weighted by atomic mass is 10.0. The molecule has 144 valence electrons. The number of carbonyl (C=O) groups excluding carboxylic acids is 1. The van der Waals surface area contributed by atoms with E-state index in [0.717, 1.165) is 28.7 Å². The fourth-order valence-electron chi connectivity index (χ4n) is 3.71. The summed E-state index contributed by atoms with van der Waals surface area (Å²) < 4.78 is 41.6. The zero-order chi connectivity index (χ0) is 19.3. The maximum atomic E-state index is 13.6. The van der Waals surface area contributed by atoms with Crippen molar-refractivity contribution in [2.75, 3.05) is 10.6 Å². The SMILES string of the molecule is Cc1cccc(C)c1NC(=O)c1cc2n(n1)[C@H](C(F)(F)F)C[C@H](C1CC1)N2. The van der Waals surface area contributed by atoms with Crippen LogP contribution in [-0.4, -0.2) is 27.9 Å². The monoisotopic (exact) mass is 378 g/mol. The molecule has 2 aliphatic rings. The number of alkyl halides is 3. The smallest absolute Gasteiger partial charge is 0.367 e. The van der Waals surface area contributed by atoms with Crippen LogP contribution in [0.1, 0.15) is 46.9 Å². The average molecular weight is 378 g/mol. The summed E-state index contributed by atoms with van der Waals surface area (Å²) >= 11 is 0. The molecule has 2 heterocycles. The van der Waals surface area contributed by atoms with E-state index in [2.05, 4.69) is 15.7 Å². The van der Waals surface area contributed by atoms with Crippen LogP contribution in [0, 0.1) is 19.8 Å². The Kier molecular flexibility index (Phi) is 4.16. The first-order valence-corrected chi connectivity index (χ1v) is 9.04. The van der Waals surface area contributed by atoms with Gasteiger partial charge in [0.2, 0.25) is 0 Å². The third kappa shape index (κ3) is 3.40.